The van der Waals surface area contributed by atoms with Gasteiger partial charge in [0.1, 0.15) is 5.82 Å². The number of hydrogen-bond acceptors (Lipinski definition) is 2. The van der Waals surface area contributed by atoms with E-state index in [1.54, 1.807) is 53.2 Å². The second-order valence-electron chi connectivity index (χ2n) is 15.4. The molecule has 0 saturated heterocycles. The zero-order valence-corrected chi connectivity index (χ0v) is 36.4. The van der Waals surface area contributed by atoms with Crippen LogP contribution in [0.1, 0.15) is 46.9 Å². The topological polar surface area (TPSA) is 35.9 Å². The number of rotatable bonds is 10. The van der Waals surface area contributed by atoms with Crippen molar-refractivity contribution in [1.82, 2.24) is 14.1 Å². The molecule has 8 aromatic carbocycles. The molecule has 0 bridgehead atoms. The van der Waals surface area contributed by atoms with Gasteiger partial charge in [0, 0.05) is 45.6 Å². The van der Waals surface area contributed by atoms with Crippen LogP contribution >= 0.6 is 0 Å². The fraction of sp³-hybridized carbons (Fsp3) is 0.0690. The molecule has 0 saturated carbocycles. The molecule has 3 heterocycles. The van der Waals surface area contributed by atoms with Gasteiger partial charge in [0.05, 0.1) is 35.9 Å². The van der Waals surface area contributed by atoms with Crippen molar-refractivity contribution in [2.45, 2.75) is 25.7 Å². The van der Waals surface area contributed by atoms with E-state index in [0.717, 1.165) is 11.1 Å². The van der Waals surface area contributed by atoms with Gasteiger partial charge in [0.25, 0.3) is 6.33 Å². The van der Waals surface area contributed by atoms with Crippen molar-refractivity contribution < 1.29 is 52.3 Å². The predicted octanol–water partition coefficient (Wildman–Crippen LogP) is 13.4. The number of fused-ring (bicyclic) bond motifs is 4. The quantitative estimate of drug-likeness (QED) is 0.101. The SMILES string of the molecule is [2H]c1c([2H])c([2H])c(-c2cccc(-c3c([2H])c([2H])c([2H])c([2H])c3[2H])c2-[n+]2[c-]n(-c3[c-]c(Oc4[c-]c5c(c([2H])c4[2H])c4c([2H])c([2H])c([2H])c([2H])c4n5-c4cc(CC(C)(C)c5ccccc5)ccn4)ccc3)c3ccccc32)c([2H])c1[2H].[Pt]. The monoisotopic (exact) mass is 1020 g/mol. The molecule has 0 aliphatic carbocycles. The van der Waals surface area contributed by atoms with Crippen LogP contribution in [0.25, 0.3) is 72.3 Å². The van der Waals surface area contributed by atoms with Crippen LogP contribution in [-0.2, 0) is 32.9 Å². The molecule has 5 nitrogen and oxygen atoms in total. The summed E-state index contributed by atoms with van der Waals surface area (Å²) in [4.78, 5) is 4.69. The van der Waals surface area contributed by atoms with E-state index in [2.05, 4.69) is 44.4 Å². The Balaban J connectivity index is 0.00000720. The molecular weight excluding hydrogens is 964 g/mol. The molecule has 64 heavy (non-hydrogen) atoms. The minimum Gasteiger partial charge on any atom is -0.510 e. The Kier molecular flexibility index (Phi) is 7.03. The first-order valence-corrected chi connectivity index (χ1v) is 20.0. The van der Waals surface area contributed by atoms with Gasteiger partial charge in [0.2, 0.25) is 0 Å². The van der Waals surface area contributed by atoms with Crippen LogP contribution in [0.5, 0.6) is 11.5 Å². The Labute approximate surface area is 410 Å². The summed E-state index contributed by atoms with van der Waals surface area (Å²) in [6, 6.07) is 28.0. The third-order valence-corrected chi connectivity index (χ3v) is 10.9. The van der Waals surface area contributed by atoms with Crippen LogP contribution in [0.4, 0.5) is 0 Å². The largest absolute Gasteiger partial charge is 0.510 e. The predicted molar refractivity (Wildman–Crippen MR) is 254 cm³/mol. The number of nitrogens with zero attached hydrogens (tertiary/aromatic N) is 4. The molecule has 3 aromatic heterocycles. The van der Waals surface area contributed by atoms with Gasteiger partial charge in [-0.25, -0.2) is 4.98 Å². The number of aromatic nitrogens is 4. The first kappa shape index (κ1) is 26.3. The van der Waals surface area contributed by atoms with Gasteiger partial charge in [-0.05, 0) is 75.8 Å². The second kappa shape index (κ2) is 17.1. The third kappa shape index (κ3) is 7.52. The molecule has 0 N–H and O–H groups in total. The Bertz CT molecular complexity index is 4250. The second-order valence-corrected chi connectivity index (χ2v) is 15.4. The van der Waals surface area contributed by atoms with Crippen molar-refractivity contribution in [3.63, 3.8) is 0 Å². The summed E-state index contributed by atoms with van der Waals surface area (Å²) < 4.78 is 152. The van der Waals surface area contributed by atoms with E-state index >= 15 is 0 Å². The van der Waals surface area contributed by atoms with E-state index in [9.17, 15) is 2.74 Å². The molecule has 0 aliphatic rings. The Morgan fingerprint density at radius 1 is 0.641 bits per heavy atom. The molecule has 0 unspecified atom stereocenters. The summed E-state index contributed by atoms with van der Waals surface area (Å²) in [7, 11) is 0. The van der Waals surface area contributed by atoms with Crippen LogP contribution in [0, 0.1) is 18.5 Å². The van der Waals surface area contributed by atoms with E-state index in [4.69, 9.17) is 28.9 Å². The van der Waals surface area contributed by atoms with E-state index in [-0.39, 0.29) is 99.6 Å². The van der Waals surface area contributed by atoms with Crippen molar-refractivity contribution >= 4 is 32.8 Å². The molecule has 0 radical (unpaired) electrons. The smallest absolute Gasteiger partial charge is 0.268 e. The number of hydrogen-bond donors (Lipinski definition) is 0. The van der Waals surface area contributed by atoms with Crippen molar-refractivity contribution in [2.75, 3.05) is 0 Å². The number of benzene rings is 8. The number of imidazole rings is 1. The zero-order chi connectivity index (χ0) is 56.3. The van der Waals surface area contributed by atoms with Crippen LogP contribution in [0.2, 0.25) is 0 Å². The Morgan fingerprint density at radius 3 is 2.09 bits per heavy atom. The first-order chi connectivity index (χ1) is 37.6. The fourth-order valence-corrected chi connectivity index (χ4v) is 8.07. The summed E-state index contributed by atoms with van der Waals surface area (Å²) in [5.74, 6) is 0.0811. The average Bonchev–Trinajstić information content (AvgIpc) is 4.23. The van der Waals surface area contributed by atoms with E-state index < -0.39 is 90.6 Å². The van der Waals surface area contributed by atoms with Gasteiger partial charge in [0.15, 0.2) is 0 Å². The number of ether oxygens (including phenoxy) is 1. The van der Waals surface area contributed by atoms with Crippen LogP contribution in [0.3, 0.4) is 0 Å². The van der Waals surface area contributed by atoms with E-state index in [0.29, 0.717) is 23.1 Å². The van der Waals surface area contributed by atoms with Gasteiger partial charge in [-0.1, -0.05) is 171 Å². The normalized spacial score (nSPS) is 15.0. The molecule has 0 spiro atoms. The van der Waals surface area contributed by atoms with E-state index in [1.165, 1.54) is 27.3 Å². The van der Waals surface area contributed by atoms with Crippen molar-refractivity contribution in [3.05, 3.63) is 236 Å². The molecule has 11 aromatic rings. The van der Waals surface area contributed by atoms with Crippen molar-refractivity contribution in [3.8, 4) is 50.9 Å². The molecule has 0 fully saturated rings. The molecule has 0 atom stereocenters. The summed E-state index contributed by atoms with van der Waals surface area (Å²) in [5.41, 5.74) is 2.79. The maximum atomic E-state index is 9.43. The summed E-state index contributed by atoms with van der Waals surface area (Å²) >= 11 is 0. The summed E-state index contributed by atoms with van der Waals surface area (Å²) in [6.45, 7) is 4.24. The fourth-order valence-electron chi connectivity index (χ4n) is 8.07. The van der Waals surface area contributed by atoms with E-state index in [1.807, 2.05) is 30.3 Å². The minimum absolute atomic E-state index is 0. The summed E-state index contributed by atoms with van der Waals surface area (Å²) in [5, 5.41) is 0.0533. The Hall–Kier alpha value is -7.33. The van der Waals surface area contributed by atoms with Gasteiger partial charge in [-0.3, -0.25) is 4.57 Å². The molecule has 11 rings (SSSR count). The molecule has 6 heteroatoms. The van der Waals surface area contributed by atoms with Crippen LogP contribution in [0.15, 0.2) is 206 Å². The molecule has 0 amide bonds. The number of pyridine rings is 1. The summed E-state index contributed by atoms with van der Waals surface area (Å²) in [6.07, 6.45) is 5.50. The van der Waals surface area contributed by atoms with Gasteiger partial charge < -0.3 is 13.9 Å². The average molecular weight is 1020 g/mol. The van der Waals surface area contributed by atoms with Crippen LogP contribution in [-0.4, -0.2) is 14.1 Å². The van der Waals surface area contributed by atoms with Crippen LogP contribution < -0.4 is 9.30 Å². The van der Waals surface area contributed by atoms with Crippen molar-refractivity contribution in [1.29, 1.82) is 0 Å². The van der Waals surface area contributed by atoms with Gasteiger partial charge in [-0.2, -0.15) is 18.2 Å². The third-order valence-electron chi connectivity index (χ3n) is 10.9. The number of para-hydroxylation sites is 4. The first-order valence-electron chi connectivity index (χ1n) is 28.0. The molecular formula is C58H42N4OPt-2. The maximum Gasteiger partial charge on any atom is 0.268 e. The molecule has 312 valence electrons. The molecule has 0 aliphatic heterocycles. The standard InChI is InChI=1S/C58H42N4O.Pt/c1-58(2,44-22-10-5-11-23-44)39-41-34-35-59-56(36-41)62-52-29-13-12-26-50(52)51-33-32-47(38-55(51)62)63-46-25-16-24-45(37-46)60-40-61(54-31-15-14-30-53(54)60)57-48(42-18-6-3-7-19-42)27-17-28-49(57)43-20-8-4-9-21-43;/h3-36H,39H2,1-2H3;/q-2;/i3D,4D,6D,7D,8D,9D,12D,13D,18D,19D,20D,21D,26D,29D,32D,33D;. The van der Waals surface area contributed by atoms with Crippen molar-refractivity contribution in [2.24, 2.45) is 0 Å². The maximum absolute atomic E-state index is 9.43. The van der Waals surface area contributed by atoms with Gasteiger partial charge >= 0.3 is 0 Å². The zero-order valence-electron chi connectivity index (χ0n) is 50.1. The Morgan fingerprint density at radius 2 is 1.33 bits per heavy atom. The minimum atomic E-state index is -0.623. The van der Waals surface area contributed by atoms with Gasteiger partial charge in [-0.15, -0.1) is 29.6 Å².